The lowest BCUT2D eigenvalue weighted by Crippen LogP contribution is -2.37. The molecule has 2 rings (SSSR count). The van der Waals surface area contributed by atoms with Crippen molar-refractivity contribution in [2.45, 2.75) is 19.0 Å². The van der Waals surface area contributed by atoms with Gasteiger partial charge < -0.3 is 10.0 Å². The number of carbonyl (C=O) groups is 2. The van der Waals surface area contributed by atoms with Gasteiger partial charge in [-0.3, -0.25) is 9.52 Å². The van der Waals surface area contributed by atoms with Gasteiger partial charge in [0.05, 0.1) is 22.7 Å². The highest BCUT2D eigenvalue weighted by molar-refractivity contribution is 7.95. The van der Waals surface area contributed by atoms with E-state index in [1.165, 1.54) is 4.90 Å². The van der Waals surface area contributed by atoms with Crippen molar-refractivity contribution in [2.75, 3.05) is 32.1 Å². The lowest BCUT2D eigenvalue weighted by atomic mass is 9.98. The van der Waals surface area contributed by atoms with Crippen LogP contribution in [0.1, 0.15) is 33.6 Å². The van der Waals surface area contributed by atoms with Crippen molar-refractivity contribution in [3.8, 4) is 0 Å². The molecule has 1 aromatic carbocycles. The third-order valence-electron chi connectivity index (χ3n) is 4.23. The molecule has 0 aromatic heterocycles. The molecule has 1 fully saturated rings. The number of hydrogen-bond donors (Lipinski definition) is 2. The van der Waals surface area contributed by atoms with Gasteiger partial charge in [-0.25, -0.2) is 13.5 Å². The van der Waals surface area contributed by atoms with Crippen LogP contribution in [-0.4, -0.2) is 54.6 Å². The van der Waals surface area contributed by atoms with Crippen LogP contribution >= 0.6 is 12.1 Å². The second-order valence-electron chi connectivity index (χ2n) is 6.32. The Morgan fingerprint density at radius 1 is 1.22 bits per heavy atom. The number of nitrogens with zero attached hydrogens (tertiary/aromatic N) is 2. The zero-order chi connectivity index (χ0) is 20.4. The molecule has 1 amide bonds. The normalized spacial score (nSPS) is 16.2. The number of hydrogen-bond acceptors (Lipinski definition) is 5. The van der Waals surface area contributed by atoms with Gasteiger partial charge in [0, 0.05) is 39.3 Å². The Labute approximate surface area is 157 Å². The minimum atomic E-state index is -4.22. The lowest BCUT2D eigenvalue weighted by molar-refractivity contribution is -0.182. The van der Waals surface area contributed by atoms with Crippen LogP contribution in [0.4, 0.5) is 23.2 Å². The first kappa shape index (κ1) is 21.3. The number of benzene rings is 1. The van der Waals surface area contributed by atoms with E-state index in [0.29, 0.717) is 0 Å². The molecule has 1 heterocycles. The predicted octanol–water partition coefficient (Wildman–Crippen LogP) is 3.16. The van der Waals surface area contributed by atoms with Gasteiger partial charge in [0.2, 0.25) is 0 Å². The summed E-state index contributed by atoms with van der Waals surface area (Å²) in [5.41, 5.74) is -0.417. The fourth-order valence-electron chi connectivity index (χ4n) is 2.71. The summed E-state index contributed by atoms with van der Waals surface area (Å²) < 4.78 is 56.0. The quantitative estimate of drug-likeness (QED) is 0.575. The summed E-state index contributed by atoms with van der Waals surface area (Å²) in [6.45, 7) is 0.309. The van der Waals surface area contributed by atoms with E-state index in [0.717, 1.165) is 24.3 Å². The van der Waals surface area contributed by atoms with Crippen LogP contribution in [0.25, 0.3) is 0 Å². The van der Waals surface area contributed by atoms with Crippen LogP contribution in [-0.2, 0) is 0 Å². The van der Waals surface area contributed by atoms with E-state index < -0.39 is 35.4 Å². The van der Waals surface area contributed by atoms with Crippen molar-refractivity contribution < 1.29 is 32.3 Å². The standard InChI is InChI=1S/C16H19F4N3O3S/c1-22(2)13-8-10(15(25)26)12(17)7-11(13)14(24)21-27-23-5-3-9(4-6-23)16(18,19)20/h7-9H,3-6H2,1-2H3,(H,21,24)(H,25,26). The van der Waals surface area contributed by atoms with Crippen LogP contribution < -0.4 is 9.62 Å². The van der Waals surface area contributed by atoms with Gasteiger partial charge in [0.15, 0.2) is 0 Å². The van der Waals surface area contributed by atoms with Crippen LogP contribution in [0, 0.1) is 11.7 Å². The van der Waals surface area contributed by atoms with Gasteiger partial charge in [-0.1, -0.05) is 0 Å². The molecule has 6 nitrogen and oxygen atoms in total. The molecule has 0 saturated carbocycles. The molecule has 11 heteroatoms. The Balaban J connectivity index is 2.04. The summed E-state index contributed by atoms with van der Waals surface area (Å²) in [6.07, 6.45) is -4.33. The predicted molar refractivity (Wildman–Crippen MR) is 93.1 cm³/mol. The average molecular weight is 409 g/mol. The Morgan fingerprint density at radius 2 is 1.81 bits per heavy atom. The lowest BCUT2D eigenvalue weighted by Gasteiger charge is -2.31. The molecular formula is C16H19F4N3O3S. The number of aromatic carboxylic acids is 1. The third-order valence-corrected chi connectivity index (χ3v) is 5.13. The van der Waals surface area contributed by atoms with E-state index >= 15 is 0 Å². The monoisotopic (exact) mass is 409 g/mol. The second-order valence-corrected chi connectivity index (χ2v) is 7.22. The first-order chi connectivity index (χ1) is 12.5. The zero-order valence-corrected chi connectivity index (χ0v) is 15.5. The Kier molecular flexibility index (Phi) is 6.58. The molecule has 0 bridgehead atoms. The molecule has 0 aliphatic carbocycles. The average Bonchev–Trinajstić information content (AvgIpc) is 2.58. The number of rotatable bonds is 5. The molecule has 2 N–H and O–H groups in total. The van der Waals surface area contributed by atoms with Gasteiger partial charge in [-0.2, -0.15) is 13.2 Å². The number of alkyl halides is 3. The SMILES string of the molecule is CN(C)c1cc(C(=O)O)c(F)cc1C(=O)NSN1CCC(C(F)(F)F)CC1. The summed E-state index contributed by atoms with van der Waals surface area (Å²) in [5.74, 6) is -4.51. The molecule has 27 heavy (non-hydrogen) atoms. The molecule has 1 aromatic rings. The highest BCUT2D eigenvalue weighted by Gasteiger charge is 2.41. The van der Waals surface area contributed by atoms with Crippen molar-refractivity contribution >= 4 is 29.7 Å². The Morgan fingerprint density at radius 3 is 2.30 bits per heavy atom. The first-order valence-electron chi connectivity index (χ1n) is 8.03. The van der Waals surface area contributed by atoms with E-state index in [-0.39, 0.29) is 37.2 Å². The fraction of sp³-hybridized carbons (Fsp3) is 0.500. The van der Waals surface area contributed by atoms with Crippen molar-refractivity contribution in [2.24, 2.45) is 5.92 Å². The molecule has 0 radical (unpaired) electrons. The number of halogens is 4. The maximum atomic E-state index is 14.0. The molecule has 150 valence electrons. The maximum absolute atomic E-state index is 14.0. The maximum Gasteiger partial charge on any atom is 0.391 e. The molecule has 0 spiro atoms. The molecule has 1 aliphatic heterocycles. The number of anilines is 1. The summed E-state index contributed by atoms with van der Waals surface area (Å²) in [5, 5.41) is 9.00. The van der Waals surface area contributed by atoms with Crippen molar-refractivity contribution in [3.63, 3.8) is 0 Å². The molecule has 1 aliphatic rings. The molecular weight excluding hydrogens is 390 g/mol. The highest BCUT2D eigenvalue weighted by atomic mass is 32.2. The van der Waals surface area contributed by atoms with E-state index in [1.807, 2.05) is 0 Å². The highest BCUT2D eigenvalue weighted by Crippen LogP contribution is 2.35. The Bertz CT molecular complexity index is 720. The van der Waals surface area contributed by atoms with Gasteiger partial charge in [0.25, 0.3) is 5.91 Å². The second kappa shape index (κ2) is 8.34. The van der Waals surface area contributed by atoms with Crippen molar-refractivity contribution in [1.82, 2.24) is 9.03 Å². The summed E-state index contributed by atoms with van der Waals surface area (Å²) in [7, 11) is 3.15. The van der Waals surface area contributed by atoms with Gasteiger partial charge in [-0.05, 0) is 25.0 Å². The summed E-state index contributed by atoms with van der Waals surface area (Å²) in [6, 6.07) is 1.90. The minimum Gasteiger partial charge on any atom is -0.478 e. The third kappa shape index (κ3) is 5.25. The van der Waals surface area contributed by atoms with Crippen LogP contribution in [0.5, 0.6) is 0 Å². The van der Waals surface area contributed by atoms with E-state index in [4.69, 9.17) is 5.11 Å². The first-order valence-corrected chi connectivity index (χ1v) is 8.81. The smallest absolute Gasteiger partial charge is 0.391 e. The largest absolute Gasteiger partial charge is 0.478 e. The van der Waals surface area contributed by atoms with Crippen LogP contribution in [0.15, 0.2) is 12.1 Å². The van der Waals surface area contributed by atoms with Gasteiger partial charge in [0.1, 0.15) is 5.82 Å². The molecule has 0 unspecified atom stereocenters. The van der Waals surface area contributed by atoms with E-state index in [9.17, 15) is 27.2 Å². The van der Waals surface area contributed by atoms with Crippen LogP contribution in [0.2, 0.25) is 0 Å². The van der Waals surface area contributed by atoms with E-state index in [2.05, 4.69) is 4.72 Å². The van der Waals surface area contributed by atoms with Crippen molar-refractivity contribution in [3.05, 3.63) is 29.1 Å². The summed E-state index contributed by atoms with van der Waals surface area (Å²) in [4.78, 5) is 24.9. The number of carboxylic acid groups (broad SMARTS) is 1. The van der Waals surface area contributed by atoms with Crippen LogP contribution in [0.3, 0.4) is 0 Å². The topological polar surface area (TPSA) is 72.9 Å². The molecule has 1 saturated heterocycles. The minimum absolute atomic E-state index is 0.0583. The number of nitrogens with one attached hydrogen (secondary N) is 1. The number of amides is 1. The number of carbonyl (C=O) groups excluding carboxylic acids is 1. The van der Waals surface area contributed by atoms with E-state index in [1.54, 1.807) is 18.4 Å². The Hall–Kier alpha value is -2.01. The fourth-order valence-corrected chi connectivity index (χ4v) is 3.43. The zero-order valence-electron chi connectivity index (χ0n) is 14.6. The van der Waals surface area contributed by atoms with Crippen molar-refractivity contribution in [1.29, 1.82) is 0 Å². The van der Waals surface area contributed by atoms with Gasteiger partial charge >= 0.3 is 12.1 Å². The molecule has 0 atom stereocenters. The number of piperidine rings is 1. The summed E-state index contributed by atoms with van der Waals surface area (Å²) >= 11 is 0.859. The van der Waals surface area contributed by atoms with Gasteiger partial charge in [-0.15, -0.1) is 0 Å². The number of carboxylic acids is 1.